The molecule has 1 aliphatic rings. The topological polar surface area (TPSA) is 215 Å². The van der Waals surface area contributed by atoms with Gasteiger partial charge in [0.25, 0.3) is 0 Å². The minimum absolute atomic E-state index is 0.00970. The number of phenols is 1. The number of hydrogen-bond acceptors (Lipinski definition) is 12. The Balaban J connectivity index is 2.09. The third-order valence-corrected chi connectivity index (χ3v) is 12.9. The smallest absolute Gasteiger partial charge is 0.507 e. The van der Waals surface area contributed by atoms with E-state index < -0.39 is 76.9 Å². The van der Waals surface area contributed by atoms with Crippen LogP contribution in [0, 0.1) is 11.8 Å². The number of benzene rings is 2. The van der Waals surface area contributed by atoms with Crippen LogP contribution >= 0.6 is 0 Å². The molecule has 2 aromatic rings. The fourth-order valence-electron chi connectivity index (χ4n) is 8.67. The molecule has 0 saturated carbocycles. The number of amides is 4. The lowest BCUT2D eigenvalue weighted by Crippen LogP contribution is -2.52. The predicted molar refractivity (Wildman–Crippen MR) is 281 cm³/mol. The Morgan fingerprint density at radius 2 is 1.41 bits per heavy atom. The number of carbonyl (C=O) groups excluding carboxylic acids is 8. The maximum Gasteiger partial charge on any atom is 0.514 e. The normalized spacial score (nSPS) is 17.0. The van der Waals surface area contributed by atoms with E-state index in [1.165, 1.54) is 82.7 Å². The highest BCUT2D eigenvalue weighted by Crippen LogP contribution is 2.41. The van der Waals surface area contributed by atoms with Crippen LogP contribution in [-0.4, -0.2) is 106 Å². The molecule has 16 nitrogen and oxygen atoms in total. The van der Waals surface area contributed by atoms with Gasteiger partial charge in [0.2, 0.25) is 17.7 Å². The molecular weight excluding hydrogens is 933 g/mol. The molecule has 0 fully saturated rings. The van der Waals surface area contributed by atoms with Crippen LogP contribution in [0.25, 0.3) is 11.1 Å². The SMILES string of the molecule is CCCCCCCCCCN(CCC(=O)C[C@@H](CCCCC)C(=O)N(C)[C@@H]1C(=O)C[C@@H](C)C(=O)N[C@H](C(=O)N[C@@H](C)C(C)=O)Cc2ccc(O)c(c2)-c2cc1ccc2OC(=O)OC(C)(C)C)C(=O)OC(C)(C)C. The van der Waals surface area contributed by atoms with Crippen molar-refractivity contribution in [3.05, 3.63) is 47.5 Å². The molecule has 73 heavy (non-hydrogen) atoms. The number of ether oxygens (including phenoxy) is 3. The quantitative estimate of drug-likeness (QED) is 0.0509. The fourth-order valence-corrected chi connectivity index (χ4v) is 8.67. The second-order valence-electron chi connectivity index (χ2n) is 21.8. The largest absolute Gasteiger partial charge is 0.514 e. The van der Waals surface area contributed by atoms with Gasteiger partial charge < -0.3 is 39.8 Å². The molecule has 0 unspecified atom stereocenters. The average molecular weight is 1020 g/mol. The number of phenolic OH excluding ortho intramolecular Hbond substituents is 1. The lowest BCUT2D eigenvalue weighted by Gasteiger charge is -2.32. The molecule has 406 valence electrons. The second-order valence-corrected chi connectivity index (χ2v) is 21.8. The molecule has 0 saturated heterocycles. The van der Waals surface area contributed by atoms with Gasteiger partial charge in [-0.3, -0.25) is 28.8 Å². The van der Waals surface area contributed by atoms with Crippen LogP contribution in [0.1, 0.15) is 190 Å². The molecule has 4 bridgehead atoms. The first-order chi connectivity index (χ1) is 34.2. The number of nitrogens with zero attached hydrogens (tertiary/aromatic N) is 2. The highest BCUT2D eigenvalue weighted by Gasteiger charge is 2.37. The van der Waals surface area contributed by atoms with Crippen molar-refractivity contribution in [3.63, 3.8) is 0 Å². The maximum atomic E-state index is 15.0. The van der Waals surface area contributed by atoms with Crippen LogP contribution in [0.3, 0.4) is 0 Å². The lowest BCUT2D eigenvalue weighted by molar-refractivity contribution is -0.144. The first-order valence-electron chi connectivity index (χ1n) is 26.5. The number of aromatic hydroxyl groups is 1. The molecule has 0 aliphatic carbocycles. The Bertz CT molecular complexity index is 2210. The zero-order valence-electron chi connectivity index (χ0n) is 45.9. The van der Waals surface area contributed by atoms with Gasteiger partial charge >= 0.3 is 12.2 Å². The van der Waals surface area contributed by atoms with Crippen molar-refractivity contribution < 1.29 is 57.7 Å². The summed E-state index contributed by atoms with van der Waals surface area (Å²) in [6.45, 7) is 19.5. The fraction of sp³-hybridized carbons (Fsp3) is 0.649. The van der Waals surface area contributed by atoms with Gasteiger partial charge in [0.1, 0.15) is 40.6 Å². The van der Waals surface area contributed by atoms with E-state index in [0.717, 1.165) is 38.5 Å². The molecule has 3 N–H and O–H groups in total. The van der Waals surface area contributed by atoms with Crippen molar-refractivity contribution in [1.82, 2.24) is 20.4 Å². The molecule has 4 amide bonds. The van der Waals surface area contributed by atoms with Crippen LogP contribution < -0.4 is 15.4 Å². The number of hydrogen-bond donors (Lipinski definition) is 3. The van der Waals surface area contributed by atoms with E-state index >= 15 is 0 Å². The minimum Gasteiger partial charge on any atom is -0.507 e. The first kappa shape index (κ1) is 61.5. The number of rotatable bonds is 24. The van der Waals surface area contributed by atoms with Gasteiger partial charge in [0.15, 0.2) is 11.6 Å². The van der Waals surface area contributed by atoms with E-state index in [2.05, 4.69) is 17.6 Å². The summed E-state index contributed by atoms with van der Waals surface area (Å²) in [6.07, 6.45) is 9.12. The number of carbonyl (C=O) groups is 8. The van der Waals surface area contributed by atoms with Crippen LogP contribution in [0.15, 0.2) is 36.4 Å². The summed E-state index contributed by atoms with van der Waals surface area (Å²) < 4.78 is 16.9. The van der Waals surface area contributed by atoms with E-state index in [-0.39, 0.29) is 72.0 Å². The van der Waals surface area contributed by atoms with Gasteiger partial charge in [-0.2, -0.15) is 0 Å². The van der Waals surface area contributed by atoms with Gasteiger partial charge in [0.05, 0.1) is 6.04 Å². The molecule has 2 aromatic carbocycles. The Hall–Kier alpha value is -5.80. The zero-order chi connectivity index (χ0) is 54.6. The summed E-state index contributed by atoms with van der Waals surface area (Å²) in [4.78, 5) is 113. The van der Waals surface area contributed by atoms with Crippen molar-refractivity contribution in [3.8, 4) is 22.6 Å². The number of nitrogens with one attached hydrogen (secondary N) is 2. The van der Waals surface area contributed by atoms with Crippen molar-refractivity contribution in [2.75, 3.05) is 20.1 Å². The molecule has 0 radical (unpaired) electrons. The van der Waals surface area contributed by atoms with Gasteiger partial charge in [-0.25, -0.2) is 9.59 Å². The lowest BCUT2D eigenvalue weighted by atomic mass is 9.88. The van der Waals surface area contributed by atoms with E-state index in [1.54, 1.807) is 58.6 Å². The predicted octanol–water partition coefficient (Wildman–Crippen LogP) is 10.5. The number of Topliss-reactive ketones (excluding diaryl/α,β-unsaturated/α-hetero) is 3. The molecule has 0 aromatic heterocycles. The number of ketones is 3. The maximum absolute atomic E-state index is 15.0. The highest BCUT2D eigenvalue weighted by molar-refractivity contribution is 5.97. The van der Waals surface area contributed by atoms with Crippen LogP contribution in [0.5, 0.6) is 11.5 Å². The van der Waals surface area contributed by atoms with Crippen LogP contribution in [0.2, 0.25) is 0 Å². The van der Waals surface area contributed by atoms with Crippen molar-refractivity contribution in [2.45, 2.75) is 208 Å². The summed E-state index contributed by atoms with van der Waals surface area (Å²) in [5, 5.41) is 16.8. The Kier molecular flexibility index (Phi) is 24.6. The van der Waals surface area contributed by atoms with Gasteiger partial charge in [-0.05, 0) is 104 Å². The number of likely N-dealkylation sites (N-methyl/N-ethyl adjacent to an activating group) is 1. The Morgan fingerprint density at radius 1 is 0.795 bits per heavy atom. The summed E-state index contributed by atoms with van der Waals surface area (Å²) in [5.74, 6) is -4.99. The molecule has 0 spiro atoms. The van der Waals surface area contributed by atoms with Gasteiger partial charge in [-0.15, -0.1) is 0 Å². The molecule has 16 heteroatoms. The highest BCUT2D eigenvalue weighted by atomic mass is 16.7. The molecule has 3 rings (SSSR count). The molecular formula is C57H86N4O12. The summed E-state index contributed by atoms with van der Waals surface area (Å²) >= 11 is 0. The number of fused-ring (bicyclic) bond motifs is 5. The average Bonchev–Trinajstić information content (AvgIpc) is 3.29. The van der Waals surface area contributed by atoms with Crippen molar-refractivity contribution >= 4 is 47.3 Å². The van der Waals surface area contributed by atoms with Crippen LogP contribution in [-0.2, 0) is 44.7 Å². The third-order valence-electron chi connectivity index (χ3n) is 12.9. The third kappa shape index (κ3) is 20.9. The zero-order valence-corrected chi connectivity index (χ0v) is 45.9. The van der Waals surface area contributed by atoms with E-state index in [9.17, 15) is 43.5 Å². The summed E-state index contributed by atoms with van der Waals surface area (Å²) in [6, 6.07) is 5.58. The van der Waals surface area contributed by atoms with Gasteiger partial charge in [-0.1, -0.05) is 97.1 Å². The van der Waals surface area contributed by atoms with Crippen molar-refractivity contribution in [2.24, 2.45) is 11.8 Å². The van der Waals surface area contributed by atoms with E-state index in [4.69, 9.17) is 14.2 Å². The molecule has 1 heterocycles. The van der Waals surface area contributed by atoms with Crippen molar-refractivity contribution in [1.29, 1.82) is 0 Å². The standard InChI is InChI=1S/C57H86N4O12/c1-13-15-17-18-19-20-21-23-30-61(54(69)72-56(6,7)8)31-29-43(63)35-42(24-22-16-14-2)53(68)60(12)50-41-26-28-49(71-55(70)73-57(9,10)11)45(36-41)44-33-40(25-27-47(44)64)34-46(52(67)58-38(4)39(5)62)59-51(66)37(3)32-48(50)65/h25-28,33,36-38,42,46,50,64H,13-24,29-32,34-35H2,1-12H3,(H,58,67)(H,59,66)/t37-,38+,42-,46+,50+/m1/s1. The minimum atomic E-state index is -1.35. The second kappa shape index (κ2) is 29.2. The van der Waals surface area contributed by atoms with Crippen LogP contribution in [0.4, 0.5) is 9.59 Å². The Morgan fingerprint density at radius 3 is 2.03 bits per heavy atom. The monoisotopic (exact) mass is 1020 g/mol. The summed E-state index contributed by atoms with van der Waals surface area (Å²) in [5.41, 5.74) is -0.635. The molecule has 5 atom stereocenters. The first-order valence-corrected chi connectivity index (χ1v) is 26.5. The van der Waals surface area contributed by atoms with Gasteiger partial charge in [0, 0.05) is 68.8 Å². The van der Waals surface area contributed by atoms with E-state index in [1.807, 2.05) is 6.92 Å². The van der Waals surface area contributed by atoms with E-state index in [0.29, 0.717) is 24.9 Å². The number of unbranched alkanes of at least 4 members (excludes halogenated alkanes) is 9. The Labute approximate surface area is 434 Å². The molecule has 1 aliphatic heterocycles. The summed E-state index contributed by atoms with van der Waals surface area (Å²) in [7, 11) is 1.48.